The maximum atomic E-state index is 4.98. The second kappa shape index (κ2) is 3.39. The lowest BCUT2D eigenvalue weighted by Crippen LogP contribution is -1.83. The molecule has 0 N–H and O–H groups in total. The zero-order valence-electron chi connectivity index (χ0n) is 2.69. The lowest BCUT2D eigenvalue weighted by molar-refractivity contribution is 0.675. The van der Waals surface area contributed by atoms with Gasteiger partial charge in [0, 0.05) is 0 Å². The third-order valence-corrected chi connectivity index (χ3v) is 1.50. The Kier molecular flexibility index (Phi) is 3.73. The molecular formula is CH6OSi2. The molecule has 0 saturated carbocycles. The Bertz CT molecular complexity index is 8.00. The summed E-state index contributed by atoms with van der Waals surface area (Å²) in [5, 5.41) is 0. The van der Waals surface area contributed by atoms with E-state index in [4.69, 9.17) is 6.55 Å². The maximum Gasteiger partial charge on any atom is 0.148 e. The highest BCUT2D eigenvalue weighted by molar-refractivity contribution is 6.35. The van der Waals surface area contributed by atoms with Gasteiger partial charge in [-0.2, -0.15) is 0 Å². The predicted octanol–water partition coefficient (Wildman–Crippen LogP) is -1.96. The van der Waals surface area contributed by atoms with Gasteiger partial charge in [0.1, 0.15) is 20.2 Å². The van der Waals surface area contributed by atoms with E-state index in [1.54, 1.807) is 0 Å². The minimum Gasteiger partial charge on any atom is -0.468 e. The second-order valence-corrected chi connectivity index (χ2v) is 3.10. The van der Waals surface area contributed by atoms with Crippen LogP contribution in [0, 0.1) is 6.55 Å². The van der Waals surface area contributed by atoms with Gasteiger partial charge in [0.2, 0.25) is 0 Å². The largest absolute Gasteiger partial charge is 0.468 e. The van der Waals surface area contributed by atoms with Crippen LogP contribution in [0.2, 0.25) is 0 Å². The van der Waals surface area contributed by atoms with Crippen molar-refractivity contribution in [3.63, 3.8) is 0 Å². The first kappa shape index (κ1) is 4.39. The molecule has 24 valence electrons. The van der Waals surface area contributed by atoms with E-state index in [0.717, 1.165) is 10.5 Å². The summed E-state index contributed by atoms with van der Waals surface area (Å²) in [7, 11) is 0.313. The third-order valence-electron chi connectivity index (χ3n) is 0.167. The summed E-state index contributed by atoms with van der Waals surface area (Å²) in [4.78, 5) is 0. The smallest absolute Gasteiger partial charge is 0.148 e. The second-order valence-electron chi connectivity index (χ2n) is 0.455. The standard InChI is InChI=1S/CH6OSi2/c1-4-2-3/h1H,4H2,3H3. The SMILES string of the molecule is [CH][SiH2]O[SiH3]. The highest BCUT2D eigenvalue weighted by Crippen LogP contribution is 1.43. The summed E-state index contributed by atoms with van der Waals surface area (Å²) in [6.07, 6.45) is 0. The van der Waals surface area contributed by atoms with Crippen molar-refractivity contribution in [3.8, 4) is 0 Å². The van der Waals surface area contributed by atoms with Crippen molar-refractivity contribution in [2.24, 2.45) is 0 Å². The van der Waals surface area contributed by atoms with E-state index in [1.165, 1.54) is 0 Å². The monoisotopic (exact) mass is 90.0 g/mol. The summed E-state index contributed by atoms with van der Waals surface area (Å²) in [5.74, 6) is 0. The van der Waals surface area contributed by atoms with Crippen molar-refractivity contribution in [1.29, 1.82) is 0 Å². The van der Waals surface area contributed by atoms with Crippen LogP contribution in [-0.2, 0) is 4.12 Å². The van der Waals surface area contributed by atoms with Crippen LogP contribution in [-0.4, -0.2) is 20.2 Å². The lowest BCUT2D eigenvalue weighted by atomic mass is 11.9. The van der Waals surface area contributed by atoms with Gasteiger partial charge in [-0.15, -0.1) is 0 Å². The van der Waals surface area contributed by atoms with Gasteiger partial charge in [0.05, 0.1) is 0 Å². The minimum absolute atomic E-state index is 0.514. The van der Waals surface area contributed by atoms with E-state index in [0.29, 0.717) is 0 Å². The molecule has 0 aromatic carbocycles. The summed E-state index contributed by atoms with van der Waals surface area (Å²) in [5.41, 5.74) is 0. The molecule has 0 spiro atoms. The van der Waals surface area contributed by atoms with Gasteiger partial charge in [-0.25, -0.2) is 0 Å². The first-order valence-electron chi connectivity index (χ1n) is 1.11. The van der Waals surface area contributed by atoms with Crippen LogP contribution in [0.15, 0.2) is 0 Å². The van der Waals surface area contributed by atoms with Crippen molar-refractivity contribution in [1.82, 2.24) is 0 Å². The normalized spacial score (nSPS) is 11.2. The van der Waals surface area contributed by atoms with Crippen LogP contribution in [0.1, 0.15) is 0 Å². The maximum absolute atomic E-state index is 4.98. The van der Waals surface area contributed by atoms with Crippen molar-refractivity contribution in [2.45, 2.75) is 0 Å². The fraction of sp³-hybridized carbons (Fsp3) is 0. The molecule has 0 fully saturated rings. The molecular weight excluding hydrogens is 84.2 g/mol. The van der Waals surface area contributed by atoms with Gasteiger partial charge >= 0.3 is 0 Å². The predicted molar refractivity (Wildman–Crippen MR) is 23.9 cm³/mol. The van der Waals surface area contributed by atoms with Crippen molar-refractivity contribution >= 4 is 20.2 Å². The summed E-state index contributed by atoms with van der Waals surface area (Å²) < 4.78 is 4.60. The van der Waals surface area contributed by atoms with Gasteiger partial charge in [0.25, 0.3) is 0 Å². The summed E-state index contributed by atoms with van der Waals surface area (Å²) in [6, 6.07) is 0. The molecule has 0 aromatic rings. The molecule has 0 aliphatic rings. The quantitative estimate of drug-likeness (QED) is 0.340. The highest BCUT2D eigenvalue weighted by Gasteiger charge is 1.55. The number of rotatable bonds is 1. The van der Waals surface area contributed by atoms with E-state index >= 15 is 0 Å². The fourth-order valence-electron chi connectivity index (χ4n) is 0. The van der Waals surface area contributed by atoms with Gasteiger partial charge in [0.15, 0.2) is 0 Å². The molecule has 0 aliphatic carbocycles. The van der Waals surface area contributed by atoms with Gasteiger partial charge in [-0.1, -0.05) is 0 Å². The van der Waals surface area contributed by atoms with Gasteiger partial charge in [-0.05, 0) is 6.55 Å². The van der Waals surface area contributed by atoms with Gasteiger partial charge < -0.3 is 4.12 Å². The Balaban J connectivity index is 1.97. The summed E-state index contributed by atoms with van der Waals surface area (Å²) in [6.45, 7) is 4.98. The molecule has 0 aromatic heterocycles. The number of hydrogen-bond donors (Lipinski definition) is 0. The molecule has 0 atom stereocenters. The highest BCUT2D eigenvalue weighted by atomic mass is 28.3. The van der Waals surface area contributed by atoms with Crippen LogP contribution >= 0.6 is 0 Å². The first-order chi connectivity index (χ1) is 1.91. The third kappa shape index (κ3) is 2.39. The molecule has 3 heteroatoms. The van der Waals surface area contributed by atoms with E-state index in [9.17, 15) is 0 Å². The van der Waals surface area contributed by atoms with Crippen LogP contribution in [0.25, 0.3) is 0 Å². The minimum atomic E-state index is -0.514. The Hall–Kier alpha value is 0.394. The van der Waals surface area contributed by atoms with Crippen LogP contribution in [0.4, 0.5) is 0 Å². The Morgan fingerprint density at radius 2 is 2.25 bits per heavy atom. The molecule has 2 radical (unpaired) electrons. The fourth-order valence-corrected chi connectivity index (χ4v) is 0. The molecule has 0 amide bonds. The molecule has 0 bridgehead atoms. The molecule has 0 unspecified atom stereocenters. The first-order valence-corrected chi connectivity index (χ1v) is 3.32. The topological polar surface area (TPSA) is 9.23 Å². The van der Waals surface area contributed by atoms with Crippen LogP contribution < -0.4 is 0 Å². The van der Waals surface area contributed by atoms with E-state index in [-0.39, 0.29) is 0 Å². The van der Waals surface area contributed by atoms with Crippen molar-refractivity contribution in [3.05, 3.63) is 6.55 Å². The van der Waals surface area contributed by atoms with Gasteiger partial charge in [-0.3, -0.25) is 0 Å². The lowest BCUT2D eigenvalue weighted by Gasteiger charge is -1.75. The molecule has 4 heavy (non-hydrogen) atoms. The Morgan fingerprint density at radius 1 is 2.00 bits per heavy atom. The van der Waals surface area contributed by atoms with Crippen molar-refractivity contribution < 1.29 is 4.12 Å². The average Bonchev–Trinajstić information content (AvgIpc) is 1.37. The van der Waals surface area contributed by atoms with Crippen molar-refractivity contribution in [2.75, 3.05) is 0 Å². The Labute approximate surface area is 31.8 Å². The average molecular weight is 90.2 g/mol. The van der Waals surface area contributed by atoms with E-state index in [2.05, 4.69) is 4.12 Å². The zero-order valence-corrected chi connectivity index (χ0v) is 6.11. The molecule has 1 nitrogen and oxygen atoms in total. The molecule has 0 rings (SSSR count). The zero-order chi connectivity index (χ0) is 3.41. The molecule has 0 heterocycles. The molecule has 0 aliphatic heterocycles. The summed E-state index contributed by atoms with van der Waals surface area (Å²) >= 11 is 0. The van der Waals surface area contributed by atoms with E-state index < -0.39 is 9.76 Å². The number of hydrogen-bond acceptors (Lipinski definition) is 1. The van der Waals surface area contributed by atoms with E-state index in [1.807, 2.05) is 0 Å². The Morgan fingerprint density at radius 3 is 2.25 bits per heavy atom. The van der Waals surface area contributed by atoms with Crippen LogP contribution in [0.5, 0.6) is 0 Å². The van der Waals surface area contributed by atoms with Crippen LogP contribution in [0.3, 0.4) is 0 Å². The molecule has 0 saturated heterocycles.